The van der Waals surface area contributed by atoms with Crippen LogP contribution >= 0.6 is 0 Å². The van der Waals surface area contributed by atoms with Crippen molar-refractivity contribution in [3.8, 4) is 0 Å². The topological polar surface area (TPSA) is 75.7 Å². The third kappa shape index (κ3) is 3.39. The maximum absolute atomic E-state index is 13.3. The predicted octanol–water partition coefficient (Wildman–Crippen LogP) is 3.27. The molecule has 2 saturated carbocycles. The molecule has 0 radical (unpaired) electrons. The smallest absolute Gasteiger partial charge is 0.251 e. The lowest BCUT2D eigenvalue weighted by molar-refractivity contribution is 0.0728. The average molecular weight is 435 g/mol. The first-order chi connectivity index (χ1) is 14.0. The van der Waals surface area contributed by atoms with Crippen molar-refractivity contribution in [3.63, 3.8) is 0 Å². The lowest BCUT2D eigenvalue weighted by Gasteiger charge is -2.43. The lowest BCUT2D eigenvalue weighted by Crippen LogP contribution is -2.52. The fourth-order valence-corrected chi connectivity index (χ4v) is 7.76. The van der Waals surface area contributed by atoms with Crippen molar-refractivity contribution in [1.82, 2.24) is 9.62 Å². The molecule has 3 fully saturated rings. The number of sulfonamides is 1. The molecule has 1 amide bonds. The second-order valence-electron chi connectivity index (χ2n) is 10.3. The minimum atomic E-state index is -3.67. The van der Waals surface area contributed by atoms with Gasteiger partial charge in [-0.15, -0.1) is 0 Å². The van der Waals surface area contributed by atoms with Gasteiger partial charge < -0.3 is 10.1 Å². The molecule has 1 heterocycles. The quantitative estimate of drug-likeness (QED) is 0.789. The number of carbonyl (C=O) groups excluding carboxylic acids is 1. The van der Waals surface area contributed by atoms with Gasteiger partial charge in [0.05, 0.1) is 18.1 Å². The van der Waals surface area contributed by atoms with Gasteiger partial charge in [0.15, 0.2) is 0 Å². The van der Waals surface area contributed by atoms with Crippen molar-refractivity contribution in [2.75, 3.05) is 26.3 Å². The number of nitrogens with zero attached hydrogens (tertiary/aromatic N) is 1. The number of aryl methyl sites for hydroxylation is 1. The summed E-state index contributed by atoms with van der Waals surface area (Å²) in [5, 5.41) is 3.29. The monoisotopic (exact) mass is 434 g/mol. The number of morpholine rings is 1. The van der Waals surface area contributed by atoms with Crippen molar-refractivity contribution < 1.29 is 17.9 Å². The standard InChI is InChI=1S/C23H34N2O4S/c1-15-12-17(13-19(16(15)2)30(27,28)25-8-10-29-11-9-25)20(26)24-21-22(3,4)18-6-7-23(21,5)14-18/h12-13,18,21H,6-11,14H2,1-5H3,(H,24,26). The first-order valence-corrected chi connectivity index (χ1v) is 12.4. The zero-order chi connectivity index (χ0) is 21.9. The number of carbonyl (C=O) groups is 1. The molecule has 3 unspecified atom stereocenters. The van der Waals surface area contributed by atoms with E-state index in [1.807, 2.05) is 19.9 Å². The van der Waals surface area contributed by atoms with Gasteiger partial charge in [-0.05, 0) is 73.1 Å². The average Bonchev–Trinajstić information content (AvgIpc) is 3.18. The Morgan fingerprint density at radius 2 is 1.83 bits per heavy atom. The molecule has 6 nitrogen and oxygen atoms in total. The maximum atomic E-state index is 13.3. The number of hydrogen-bond acceptors (Lipinski definition) is 4. The molecule has 166 valence electrons. The van der Waals surface area contributed by atoms with E-state index < -0.39 is 10.0 Å². The summed E-state index contributed by atoms with van der Waals surface area (Å²) in [6, 6.07) is 3.47. The zero-order valence-corrected chi connectivity index (χ0v) is 19.6. The highest BCUT2D eigenvalue weighted by Gasteiger charge is 2.59. The highest BCUT2D eigenvalue weighted by atomic mass is 32.2. The lowest BCUT2D eigenvalue weighted by atomic mass is 9.68. The second-order valence-corrected chi connectivity index (χ2v) is 12.2. The number of benzene rings is 1. The Morgan fingerprint density at radius 1 is 1.17 bits per heavy atom. The molecule has 1 aromatic carbocycles. The van der Waals surface area contributed by atoms with Gasteiger partial charge in [0, 0.05) is 24.7 Å². The third-order valence-corrected chi connectivity index (χ3v) is 10.0. The minimum Gasteiger partial charge on any atom is -0.379 e. The molecule has 0 spiro atoms. The van der Waals surface area contributed by atoms with Crippen LogP contribution in [0.25, 0.3) is 0 Å². The highest BCUT2D eigenvalue weighted by molar-refractivity contribution is 7.89. The van der Waals surface area contributed by atoms with Crippen molar-refractivity contribution in [1.29, 1.82) is 0 Å². The van der Waals surface area contributed by atoms with Gasteiger partial charge in [0.1, 0.15) is 0 Å². The van der Waals surface area contributed by atoms with E-state index in [1.165, 1.54) is 10.7 Å². The molecule has 1 saturated heterocycles. The second kappa shape index (κ2) is 7.31. The van der Waals surface area contributed by atoms with E-state index in [0.717, 1.165) is 18.4 Å². The van der Waals surface area contributed by atoms with Gasteiger partial charge in [0.2, 0.25) is 10.0 Å². The number of fused-ring (bicyclic) bond motifs is 2. The van der Waals surface area contributed by atoms with Crippen molar-refractivity contribution in [2.24, 2.45) is 16.7 Å². The molecule has 2 bridgehead atoms. The van der Waals surface area contributed by atoms with E-state index in [9.17, 15) is 13.2 Å². The van der Waals surface area contributed by atoms with Crippen LogP contribution in [0.2, 0.25) is 0 Å². The van der Waals surface area contributed by atoms with Crippen LogP contribution < -0.4 is 5.32 Å². The largest absolute Gasteiger partial charge is 0.379 e. The van der Waals surface area contributed by atoms with E-state index in [0.29, 0.717) is 43.3 Å². The first kappa shape index (κ1) is 21.8. The molecular weight excluding hydrogens is 400 g/mol. The van der Waals surface area contributed by atoms with Crippen LogP contribution in [0.1, 0.15) is 61.5 Å². The van der Waals surface area contributed by atoms with Crippen LogP contribution in [0.15, 0.2) is 17.0 Å². The summed E-state index contributed by atoms with van der Waals surface area (Å²) in [6.45, 7) is 11.9. The molecule has 1 aromatic rings. The summed E-state index contributed by atoms with van der Waals surface area (Å²) < 4.78 is 33.3. The van der Waals surface area contributed by atoms with Crippen LogP contribution in [-0.4, -0.2) is 51.0 Å². The summed E-state index contributed by atoms with van der Waals surface area (Å²) in [6.07, 6.45) is 3.51. The molecule has 30 heavy (non-hydrogen) atoms. The summed E-state index contributed by atoms with van der Waals surface area (Å²) in [5.41, 5.74) is 2.10. The van der Waals surface area contributed by atoms with Crippen LogP contribution in [0.3, 0.4) is 0 Å². The number of rotatable bonds is 4. The molecule has 2 aliphatic carbocycles. The van der Waals surface area contributed by atoms with Gasteiger partial charge >= 0.3 is 0 Å². The van der Waals surface area contributed by atoms with Gasteiger partial charge in [-0.1, -0.05) is 20.8 Å². The molecule has 4 rings (SSSR count). The van der Waals surface area contributed by atoms with E-state index in [2.05, 4.69) is 26.1 Å². The van der Waals surface area contributed by atoms with Crippen molar-refractivity contribution >= 4 is 15.9 Å². The third-order valence-electron chi connectivity index (χ3n) is 8.01. The van der Waals surface area contributed by atoms with Crippen molar-refractivity contribution in [2.45, 2.75) is 64.8 Å². The minimum absolute atomic E-state index is 0.0467. The Kier molecular flexibility index (Phi) is 5.31. The van der Waals surface area contributed by atoms with E-state index in [-0.39, 0.29) is 27.7 Å². The molecule has 1 aliphatic heterocycles. The normalized spacial score (nSPS) is 31.1. The van der Waals surface area contributed by atoms with E-state index in [1.54, 1.807) is 6.07 Å². The Morgan fingerprint density at radius 3 is 2.43 bits per heavy atom. The Hall–Kier alpha value is -1.44. The Bertz CT molecular complexity index is 961. The van der Waals surface area contributed by atoms with E-state index >= 15 is 0 Å². The molecule has 0 aromatic heterocycles. The molecule has 7 heteroatoms. The fraction of sp³-hybridized carbons (Fsp3) is 0.696. The maximum Gasteiger partial charge on any atom is 0.251 e. The molecular formula is C23H34N2O4S. The Labute approximate surface area is 180 Å². The Balaban J connectivity index is 1.65. The van der Waals surface area contributed by atoms with Crippen LogP contribution in [0.4, 0.5) is 0 Å². The predicted molar refractivity (Wildman–Crippen MR) is 116 cm³/mol. The van der Waals surface area contributed by atoms with E-state index in [4.69, 9.17) is 4.74 Å². The summed E-state index contributed by atoms with van der Waals surface area (Å²) in [7, 11) is -3.67. The molecule has 3 atom stereocenters. The first-order valence-electron chi connectivity index (χ1n) is 11.0. The van der Waals surface area contributed by atoms with Crippen LogP contribution in [-0.2, 0) is 14.8 Å². The van der Waals surface area contributed by atoms with Crippen LogP contribution in [0, 0.1) is 30.6 Å². The SMILES string of the molecule is Cc1cc(C(=O)NC2C3(C)CCC(C3)C2(C)C)cc(S(=O)(=O)N2CCOCC2)c1C. The fourth-order valence-electron chi connectivity index (χ4n) is 6.03. The van der Waals surface area contributed by atoms with Gasteiger partial charge in [-0.3, -0.25) is 4.79 Å². The summed E-state index contributed by atoms with van der Waals surface area (Å²) >= 11 is 0. The van der Waals surface area contributed by atoms with Gasteiger partial charge in [0.25, 0.3) is 5.91 Å². The number of amides is 1. The number of nitrogens with one attached hydrogen (secondary N) is 1. The van der Waals surface area contributed by atoms with Gasteiger partial charge in [-0.25, -0.2) is 8.42 Å². The van der Waals surface area contributed by atoms with Crippen molar-refractivity contribution in [3.05, 3.63) is 28.8 Å². The van der Waals surface area contributed by atoms with Gasteiger partial charge in [-0.2, -0.15) is 4.31 Å². The van der Waals surface area contributed by atoms with Crippen LogP contribution in [0.5, 0.6) is 0 Å². The number of ether oxygens (including phenoxy) is 1. The molecule has 3 aliphatic rings. The summed E-state index contributed by atoms with van der Waals surface area (Å²) in [5.74, 6) is 0.452. The zero-order valence-electron chi connectivity index (χ0n) is 18.7. The number of hydrogen-bond donors (Lipinski definition) is 1. The molecule has 1 N–H and O–H groups in total. The highest BCUT2D eigenvalue weighted by Crippen LogP contribution is 2.62. The summed E-state index contributed by atoms with van der Waals surface area (Å²) in [4.78, 5) is 13.5.